The number of carbonyl (C=O) groups excluding carboxylic acids is 3. The number of amides is 1. The zero-order chi connectivity index (χ0) is 14.3. The van der Waals surface area contributed by atoms with Crippen molar-refractivity contribution in [2.75, 3.05) is 7.05 Å². The Morgan fingerprint density at radius 1 is 1.40 bits per heavy atom. The van der Waals surface area contributed by atoms with Gasteiger partial charge in [-0.05, 0) is 19.3 Å². The quantitative estimate of drug-likeness (QED) is 0.605. The van der Waals surface area contributed by atoms with Crippen LogP contribution in [0.3, 0.4) is 0 Å². The maximum Gasteiger partial charge on any atom is 0.228 e. The molecule has 106 valence electrons. The number of nitrogens with one attached hydrogen (secondary N) is 1. The molecule has 0 saturated heterocycles. The van der Waals surface area contributed by atoms with Crippen LogP contribution in [0.5, 0.6) is 0 Å². The van der Waals surface area contributed by atoms with Gasteiger partial charge in [-0.1, -0.05) is 19.1 Å². The first kappa shape index (κ1) is 12.3. The van der Waals surface area contributed by atoms with Crippen LogP contribution >= 0.6 is 0 Å². The fourth-order valence-electron chi connectivity index (χ4n) is 5.97. The average Bonchev–Trinajstić information content (AvgIpc) is 3.14. The highest BCUT2D eigenvalue weighted by Crippen LogP contribution is 2.74. The van der Waals surface area contributed by atoms with Crippen molar-refractivity contribution in [1.29, 1.82) is 0 Å². The summed E-state index contributed by atoms with van der Waals surface area (Å²) in [5, 5.41) is 2.74. The first-order chi connectivity index (χ1) is 9.55. The average molecular weight is 273 g/mol. The Morgan fingerprint density at radius 2 is 2.15 bits per heavy atom. The molecule has 6 atom stereocenters. The van der Waals surface area contributed by atoms with Gasteiger partial charge in [0, 0.05) is 24.8 Å². The van der Waals surface area contributed by atoms with E-state index in [1.165, 1.54) is 0 Å². The molecule has 0 aromatic heterocycles. The normalized spacial score (nSPS) is 50.9. The summed E-state index contributed by atoms with van der Waals surface area (Å²) < 4.78 is 0. The SMILES string of the molecule is CCC12C=CC(C1=O)C1(C(=O)NC)C3CCC(C3=O)C21. The molecule has 0 heterocycles. The smallest absolute Gasteiger partial charge is 0.228 e. The second kappa shape index (κ2) is 3.41. The zero-order valence-electron chi connectivity index (χ0n) is 11.8. The molecule has 4 heteroatoms. The molecule has 6 unspecified atom stereocenters. The number of hydrogen-bond acceptors (Lipinski definition) is 3. The summed E-state index contributed by atoms with van der Waals surface area (Å²) in [5.41, 5.74) is -1.34. The monoisotopic (exact) mass is 273 g/mol. The van der Waals surface area contributed by atoms with Gasteiger partial charge in [-0.15, -0.1) is 0 Å². The minimum atomic E-state index is -0.781. The molecule has 0 aromatic carbocycles. The lowest BCUT2D eigenvalue weighted by Gasteiger charge is -2.44. The van der Waals surface area contributed by atoms with E-state index in [0.717, 1.165) is 12.8 Å². The van der Waals surface area contributed by atoms with E-state index in [1.54, 1.807) is 7.05 Å². The number of fused-ring (bicyclic) bond motifs is 9. The van der Waals surface area contributed by atoms with Crippen LogP contribution < -0.4 is 5.32 Å². The second-order valence-electron chi connectivity index (χ2n) is 6.72. The summed E-state index contributed by atoms with van der Waals surface area (Å²) in [7, 11) is 1.61. The molecule has 4 aliphatic carbocycles. The van der Waals surface area contributed by atoms with E-state index < -0.39 is 10.8 Å². The van der Waals surface area contributed by atoms with Gasteiger partial charge < -0.3 is 5.32 Å². The molecule has 1 N–H and O–H groups in total. The van der Waals surface area contributed by atoms with E-state index in [-0.39, 0.29) is 41.1 Å². The van der Waals surface area contributed by atoms with Gasteiger partial charge in [0.15, 0.2) is 5.78 Å². The summed E-state index contributed by atoms with van der Waals surface area (Å²) in [6, 6.07) is 0. The lowest BCUT2D eigenvalue weighted by Crippen LogP contribution is -2.52. The molecular weight excluding hydrogens is 254 g/mol. The third-order valence-corrected chi connectivity index (χ3v) is 6.57. The molecule has 4 bridgehead atoms. The van der Waals surface area contributed by atoms with Gasteiger partial charge in [0.25, 0.3) is 0 Å². The summed E-state index contributed by atoms with van der Waals surface area (Å²) >= 11 is 0. The van der Waals surface area contributed by atoms with E-state index in [0.29, 0.717) is 6.42 Å². The summed E-state index contributed by atoms with van der Waals surface area (Å²) in [6.45, 7) is 2.00. The molecule has 0 aromatic rings. The van der Waals surface area contributed by atoms with Crippen LogP contribution in [0, 0.1) is 34.5 Å². The van der Waals surface area contributed by atoms with Crippen molar-refractivity contribution in [3.63, 3.8) is 0 Å². The topological polar surface area (TPSA) is 63.2 Å². The lowest BCUT2D eigenvalue weighted by molar-refractivity contribution is -0.142. The summed E-state index contributed by atoms with van der Waals surface area (Å²) in [5.74, 6) is -0.502. The maximum absolute atomic E-state index is 12.8. The largest absolute Gasteiger partial charge is 0.359 e. The molecule has 3 fully saturated rings. The minimum Gasteiger partial charge on any atom is -0.359 e. The predicted octanol–water partition coefficient (Wildman–Crippen LogP) is 1.11. The van der Waals surface area contributed by atoms with Gasteiger partial charge in [0.1, 0.15) is 5.78 Å². The highest BCUT2D eigenvalue weighted by Gasteiger charge is 2.81. The Bertz CT molecular complexity index is 580. The summed E-state index contributed by atoms with van der Waals surface area (Å²) in [4.78, 5) is 38.1. The third kappa shape index (κ3) is 0.904. The van der Waals surface area contributed by atoms with Gasteiger partial charge >= 0.3 is 0 Å². The van der Waals surface area contributed by atoms with Gasteiger partial charge in [-0.3, -0.25) is 14.4 Å². The fourth-order valence-corrected chi connectivity index (χ4v) is 5.97. The van der Waals surface area contributed by atoms with Crippen LogP contribution in [0.2, 0.25) is 0 Å². The van der Waals surface area contributed by atoms with Crippen LogP contribution in [-0.4, -0.2) is 24.5 Å². The number of carbonyl (C=O) groups is 3. The third-order valence-electron chi connectivity index (χ3n) is 6.57. The Balaban J connectivity index is 1.99. The standard InChI is InChI=1S/C16H19NO3/c1-3-15-7-6-10(13(15)19)16(14(20)17-2)9-5-4-8(11(9)18)12(15)16/h6-10,12H,3-5H2,1-2H3,(H,17,20). The maximum atomic E-state index is 12.8. The van der Waals surface area contributed by atoms with Crippen molar-refractivity contribution >= 4 is 17.5 Å². The highest BCUT2D eigenvalue weighted by atomic mass is 16.2. The van der Waals surface area contributed by atoms with Crippen LogP contribution in [0.25, 0.3) is 0 Å². The molecule has 0 spiro atoms. The Morgan fingerprint density at radius 3 is 2.80 bits per heavy atom. The molecule has 4 aliphatic rings. The van der Waals surface area contributed by atoms with Crippen LogP contribution in [0.4, 0.5) is 0 Å². The molecule has 0 aliphatic heterocycles. The number of hydrogen-bond donors (Lipinski definition) is 1. The Labute approximate surface area is 118 Å². The van der Waals surface area contributed by atoms with Gasteiger partial charge in [0.2, 0.25) is 5.91 Å². The van der Waals surface area contributed by atoms with E-state index in [9.17, 15) is 14.4 Å². The predicted molar refractivity (Wildman–Crippen MR) is 71.6 cm³/mol. The van der Waals surface area contributed by atoms with E-state index >= 15 is 0 Å². The molecule has 0 radical (unpaired) electrons. The van der Waals surface area contributed by atoms with Crippen molar-refractivity contribution < 1.29 is 14.4 Å². The van der Waals surface area contributed by atoms with Crippen LogP contribution in [0.1, 0.15) is 26.2 Å². The first-order valence-electron chi connectivity index (χ1n) is 7.55. The van der Waals surface area contributed by atoms with Crippen molar-refractivity contribution in [2.45, 2.75) is 26.2 Å². The van der Waals surface area contributed by atoms with Gasteiger partial charge in [0.05, 0.1) is 16.7 Å². The van der Waals surface area contributed by atoms with E-state index in [4.69, 9.17) is 0 Å². The van der Waals surface area contributed by atoms with Crippen molar-refractivity contribution in [2.24, 2.45) is 34.5 Å². The summed E-state index contributed by atoms with van der Waals surface area (Å²) in [6.07, 6.45) is 6.22. The fraction of sp³-hybridized carbons (Fsp3) is 0.688. The van der Waals surface area contributed by atoms with Crippen molar-refractivity contribution in [1.82, 2.24) is 5.32 Å². The second-order valence-corrected chi connectivity index (χ2v) is 6.72. The zero-order valence-corrected chi connectivity index (χ0v) is 11.8. The number of rotatable bonds is 2. The molecule has 4 nitrogen and oxygen atoms in total. The Hall–Kier alpha value is -1.45. The number of allylic oxidation sites excluding steroid dienone is 2. The first-order valence-corrected chi connectivity index (χ1v) is 7.55. The number of ketones is 2. The molecule has 20 heavy (non-hydrogen) atoms. The van der Waals surface area contributed by atoms with E-state index in [1.807, 2.05) is 19.1 Å². The van der Waals surface area contributed by atoms with Crippen LogP contribution in [0.15, 0.2) is 12.2 Å². The van der Waals surface area contributed by atoms with Crippen molar-refractivity contribution in [3.8, 4) is 0 Å². The number of Topliss-reactive ketones (excluding diaryl/α,β-unsaturated/α-hetero) is 2. The molecular formula is C16H19NO3. The van der Waals surface area contributed by atoms with Gasteiger partial charge in [-0.2, -0.15) is 0 Å². The molecule has 1 amide bonds. The highest BCUT2D eigenvalue weighted by molar-refractivity contribution is 6.10. The molecule has 3 saturated carbocycles. The van der Waals surface area contributed by atoms with Crippen molar-refractivity contribution in [3.05, 3.63) is 12.2 Å². The minimum absolute atomic E-state index is 0.0869. The van der Waals surface area contributed by atoms with Gasteiger partial charge in [-0.25, -0.2) is 0 Å². The van der Waals surface area contributed by atoms with E-state index in [2.05, 4.69) is 5.32 Å². The molecule has 4 rings (SSSR count). The lowest BCUT2D eigenvalue weighted by atomic mass is 9.57. The Kier molecular flexibility index (Phi) is 2.10. The van der Waals surface area contributed by atoms with Crippen LogP contribution in [-0.2, 0) is 14.4 Å².